The highest BCUT2D eigenvalue weighted by molar-refractivity contribution is 5.78. The van der Waals surface area contributed by atoms with Crippen molar-refractivity contribution in [3.05, 3.63) is 30.1 Å². The molecule has 3 heterocycles. The highest BCUT2D eigenvalue weighted by Gasteiger charge is 2.29. The molecule has 0 saturated carbocycles. The molecule has 1 aliphatic heterocycles. The van der Waals surface area contributed by atoms with E-state index in [2.05, 4.69) is 9.97 Å². The minimum Gasteiger partial charge on any atom is -0.465 e. The van der Waals surface area contributed by atoms with Crippen LogP contribution >= 0.6 is 0 Å². The lowest BCUT2D eigenvalue weighted by Gasteiger charge is -2.20. The van der Waals surface area contributed by atoms with Crippen LogP contribution in [0.3, 0.4) is 0 Å². The van der Waals surface area contributed by atoms with E-state index in [0.717, 1.165) is 35.9 Å². The second-order valence-electron chi connectivity index (χ2n) is 4.69. The third-order valence-electron chi connectivity index (χ3n) is 3.59. The number of aromatic amines is 1. The lowest BCUT2D eigenvalue weighted by Crippen LogP contribution is -2.35. The Labute approximate surface area is 104 Å². The standard InChI is InChI=1S/C13H15N3O2/c17-13(18)16-6-2-3-10(16)7-9-8-15-11-4-1-5-14-12(9)11/h1,4-5,8,10,15H,2-3,6-7H2,(H,17,18)/t10-/m1/s1. The molecule has 0 aliphatic carbocycles. The van der Waals surface area contributed by atoms with Gasteiger partial charge in [0.25, 0.3) is 0 Å². The van der Waals surface area contributed by atoms with Gasteiger partial charge in [-0.1, -0.05) is 0 Å². The zero-order valence-electron chi connectivity index (χ0n) is 9.97. The first-order chi connectivity index (χ1) is 8.75. The Morgan fingerprint density at radius 2 is 2.50 bits per heavy atom. The fourth-order valence-corrected chi connectivity index (χ4v) is 2.72. The maximum absolute atomic E-state index is 11.1. The Morgan fingerprint density at radius 3 is 3.33 bits per heavy atom. The average molecular weight is 245 g/mol. The molecule has 1 aliphatic rings. The van der Waals surface area contributed by atoms with Crippen molar-refractivity contribution in [3.8, 4) is 0 Å². The number of rotatable bonds is 2. The molecular formula is C13H15N3O2. The van der Waals surface area contributed by atoms with E-state index in [1.165, 1.54) is 0 Å². The van der Waals surface area contributed by atoms with Gasteiger partial charge in [0.05, 0.1) is 11.0 Å². The third-order valence-corrected chi connectivity index (χ3v) is 3.59. The number of H-pyrrole nitrogens is 1. The van der Waals surface area contributed by atoms with Gasteiger partial charge in [0, 0.05) is 25.0 Å². The molecule has 94 valence electrons. The Morgan fingerprint density at radius 1 is 1.61 bits per heavy atom. The highest BCUT2D eigenvalue weighted by atomic mass is 16.4. The second-order valence-corrected chi connectivity index (χ2v) is 4.69. The number of carboxylic acid groups (broad SMARTS) is 1. The van der Waals surface area contributed by atoms with Crippen LogP contribution in [0, 0.1) is 0 Å². The largest absolute Gasteiger partial charge is 0.465 e. The minimum atomic E-state index is -0.815. The van der Waals surface area contributed by atoms with E-state index >= 15 is 0 Å². The molecule has 0 aromatic carbocycles. The fourth-order valence-electron chi connectivity index (χ4n) is 2.72. The lowest BCUT2D eigenvalue weighted by atomic mass is 10.1. The zero-order valence-corrected chi connectivity index (χ0v) is 9.97. The van der Waals surface area contributed by atoms with E-state index in [0.29, 0.717) is 6.54 Å². The molecule has 3 rings (SSSR count). The van der Waals surface area contributed by atoms with E-state index in [4.69, 9.17) is 5.11 Å². The summed E-state index contributed by atoms with van der Waals surface area (Å²) in [6, 6.07) is 3.96. The first-order valence-electron chi connectivity index (χ1n) is 6.16. The van der Waals surface area contributed by atoms with Gasteiger partial charge >= 0.3 is 6.09 Å². The minimum absolute atomic E-state index is 0.0866. The van der Waals surface area contributed by atoms with Crippen LogP contribution in [0.1, 0.15) is 18.4 Å². The van der Waals surface area contributed by atoms with Crippen LogP contribution in [-0.4, -0.2) is 38.7 Å². The molecule has 18 heavy (non-hydrogen) atoms. The van der Waals surface area contributed by atoms with E-state index in [1.807, 2.05) is 18.3 Å². The zero-order chi connectivity index (χ0) is 12.5. The molecule has 0 radical (unpaired) electrons. The van der Waals surface area contributed by atoms with Gasteiger partial charge in [-0.05, 0) is 37.0 Å². The number of pyridine rings is 1. The molecular weight excluding hydrogens is 230 g/mol. The Bertz CT molecular complexity index is 578. The van der Waals surface area contributed by atoms with Crippen molar-refractivity contribution in [1.29, 1.82) is 0 Å². The molecule has 1 saturated heterocycles. The molecule has 1 atom stereocenters. The van der Waals surface area contributed by atoms with Gasteiger partial charge in [-0.3, -0.25) is 4.98 Å². The van der Waals surface area contributed by atoms with Gasteiger partial charge in [-0.25, -0.2) is 4.79 Å². The summed E-state index contributed by atoms with van der Waals surface area (Å²) in [6.07, 6.45) is 5.52. The Hall–Kier alpha value is -2.04. The summed E-state index contributed by atoms with van der Waals surface area (Å²) >= 11 is 0. The summed E-state index contributed by atoms with van der Waals surface area (Å²) in [5.41, 5.74) is 3.06. The van der Waals surface area contributed by atoms with E-state index < -0.39 is 6.09 Å². The van der Waals surface area contributed by atoms with Crippen LogP contribution in [0.15, 0.2) is 24.5 Å². The topological polar surface area (TPSA) is 69.2 Å². The number of nitrogens with zero attached hydrogens (tertiary/aromatic N) is 2. The van der Waals surface area contributed by atoms with Crippen LogP contribution in [0.5, 0.6) is 0 Å². The number of nitrogens with one attached hydrogen (secondary N) is 1. The normalized spacial score (nSPS) is 19.6. The SMILES string of the molecule is O=C(O)N1CCC[C@@H]1Cc1c[nH]c2cccnc12. The molecule has 0 bridgehead atoms. The highest BCUT2D eigenvalue weighted by Crippen LogP contribution is 2.24. The monoisotopic (exact) mass is 245 g/mol. The number of amides is 1. The summed E-state index contributed by atoms with van der Waals surface area (Å²) in [5, 5.41) is 9.13. The van der Waals surface area contributed by atoms with Crippen molar-refractivity contribution in [2.24, 2.45) is 0 Å². The predicted molar refractivity (Wildman–Crippen MR) is 67.6 cm³/mol. The summed E-state index contributed by atoms with van der Waals surface area (Å²) in [4.78, 5) is 20.2. The summed E-state index contributed by atoms with van der Waals surface area (Å²) in [7, 11) is 0. The second kappa shape index (κ2) is 4.33. The van der Waals surface area contributed by atoms with Gasteiger partial charge in [0.15, 0.2) is 0 Å². The van der Waals surface area contributed by atoms with Gasteiger partial charge in [0.2, 0.25) is 0 Å². The number of likely N-dealkylation sites (tertiary alicyclic amines) is 1. The number of hydrogen-bond acceptors (Lipinski definition) is 2. The van der Waals surface area contributed by atoms with E-state index in [-0.39, 0.29) is 6.04 Å². The number of aromatic nitrogens is 2. The molecule has 0 spiro atoms. The average Bonchev–Trinajstić information content (AvgIpc) is 2.97. The van der Waals surface area contributed by atoms with Crippen LogP contribution in [0.4, 0.5) is 4.79 Å². The number of fused-ring (bicyclic) bond motifs is 1. The first kappa shape index (κ1) is 11.1. The van der Waals surface area contributed by atoms with Gasteiger partial charge in [-0.15, -0.1) is 0 Å². The van der Waals surface area contributed by atoms with Crippen molar-refractivity contribution in [2.75, 3.05) is 6.54 Å². The van der Waals surface area contributed by atoms with Crippen LogP contribution in [0.25, 0.3) is 11.0 Å². The quantitative estimate of drug-likeness (QED) is 0.852. The Kier molecular flexibility index (Phi) is 2.66. The van der Waals surface area contributed by atoms with Crippen molar-refractivity contribution in [2.45, 2.75) is 25.3 Å². The molecule has 2 aromatic rings. The molecule has 5 heteroatoms. The molecule has 1 amide bonds. The van der Waals surface area contributed by atoms with Gasteiger partial charge in [-0.2, -0.15) is 0 Å². The maximum atomic E-state index is 11.1. The maximum Gasteiger partial charge on any atom is 0.407 e. The van der Waals surface area contributed by atoms with Gasteiger partial charge in [0.1, 0.15) is 0 Å². The third kappa shape index (κ3) is 1.81. The van der Waals surface area contributed by atoms with Crippen molar-refractivity contribution >= 4 is 17.1 Å². The molecule has 1 fully saturated rings. The molecule has 2 aromatic heterocycles. The van der Waals surface area contributed by atoms with E-state index in [1.54, 1.807) is 11.1 Å². The van der Waals surface area contributed by atoms with Crippen LogP contribution < -0.4 is 0 Å². The first-order valence-corrected chi connectivity index (χ1v) is 6.16. The van der Waals surface area contributed by atoms with Crippen molar-refractivity contribution < 1.29 is 9.90 Å². The summed E-state index contributed by atoms with van der Waals surface area (Å²) in [6.45, 7) is 0.649. The fraction of sp³-hybridized carbons (Fsp3) is 0.385. The van der Waals surface area contributed by atoms with Crippen molar-refractivity contribution in [3.63, 3.8) is 0 Å². The number of carbonyl (C=O) groups is 1. The Balaban J connectivity index is 1.86. The molecule has 5 nitrogen and oxygen atoms in total. The van der Waals surface area contributed by atoms with Gasteiger partial charge < -0.3 is 15.0 Å². The van der Waals surface area contributed by atoms with Crippen molar-refractivity contribution in [1.82, 2.24) is 14.9 Å². The molecule has 2 N–H and O–H groups in total. The van der Waals surface area contributed by atoms with Crippen LogP contribution in [-0.2, 0) is 6.42 Å². The lowest BCUT2D eigenvalue weighted by molar-refractivity contribution is 0.140. The smallest absolute Gasteiger partial charge is 0.407 e. The van der Waals surface area contributed by atoms with E-state index in [9.17, 15) is 4.79 Å². The van der Waals surface area contributed by atoms with Crippen LogP contribution in [0.2, 0.25) is 0 Å². The summed E-state index contributed by atoms with van der Waals surface area (Å²) < 4.78 is 0. The number of hydrogen-bond donors (Lipinski definition) is 2. The summed E-state index contributed by atoms with van der Waals surface area (Å²) in [5.74, 6) is 0. The predicted octanol–water partition coefficient (Wildman–Crippen LogP) is 2.25. The molecule has 0 unspecified atom stereocenters.